The molecular weight excluding hydrogens is 364 g/mol. The van der Waals surface area contributed by atoms with Crippen LogP contribution < -0.4 is 20.9 Å². The Bertz CT molecular complexity index is 760. The number of amides is 3. The monoisotopic (exact) mass is 389 g/mol. The van der Waals surface area contributed by atoms with Gasteiger partial charge in [-0.05, 0) is 42.6 Å². The van der Waals surface area contributed by atoms with Crippen molar-refractivity contribution in [1.29, 1.82) is 0 Å². The molecule has 1 aromatic heterocycles. The lowest BCUT2D eigenvalue weighted by Crippen LogP contribution is -3.13. The summed E-state index contributed by atoms with van der Waals surface area (Å²) in [5.41, 5.74) is 1.14. The van der Waals surface area contributed by atoms with Crippen LogP contribution in [0.15, 0.2) is 41.8 Å². The average molecular weight is 390 g/mol. The third-order valence-corrected chi connectivity index (χ3v) is 4.90. The van der Waals surface area contributed by atoms with Crippen LogP contribution in [0.4, 0.5) is 5.69 Å². The second-order valence-corrected chi connectivity index (χ2v) is 7.05. The molecule has 1 unspecified atom stereocenters. The van der Waals surface area contributed by atoms with Crippen LogP contribution in [0.3, 0.4) is 0 Å². The minimum atomic E-state index is -0.178. The molecule has 0 aliphatic heterocycles. The molecule has 1 atom stereocenters. The molecule has 0 bridgehead atoms. The molecule has 1 heterocycles. The van der Waals surface area contributed by atoms with Crippen molar-refractivity contribution in [3.8, 4) is 0 Å². The molecule has 144 valence electrons. The first-order chi connectivity index (χ1) is 13.0. The fraction of sp³-hybridized carbons (Fsp3) is 0.316. The zero-order chi connectivity index (χ0) is 19.6. The van der Waals surface area contributed by atoms with Gasteiger partial charge < -0.3 is 20.9 Å². The van der Waals surface area contributed by atoms with E-state index in [-0.39, 0.29) is 30.8 Å². The molecule has 2 rings (SSSR count). The third-order valence-electron chi connectivity index (χ3n) is 4.02. The van der Waals surface area contributed by atoms with Gasteiger partial charge in [-0.25, -0.2) is 0 Å². The van der Waals surface area contributed by atoms with Crippen molar-refractivity contribution in [3.63, 3.8) is 0 Å². The van der Waals surface area contributed by atoms with Gasteiger partial charge in [0, 0.05) is 23.2 Å². The van der Waals surface area contributed by atoms with E-state index in [0.29, 0.717) is 24.3 Å². The number of likely N-dealkylation sites (N-methyl/N-ethyl adjacent to an activating group) is 1. The Kier molecular flexibility index (Phi) is 7.97. The van der Waals surface area contributed by atoms with Crippen molar-refractivity contribution in [2.75, 3.05) is 32.0 Å². The van der Waals surface area contributed by atoms with Crippen LogP contribution >= 0.6 is 11.3 Å². The number of anilines is 1. The second-order valence-electron chi connectivity index (χ2n) is 6.02. The highest BCUT2D eigenvalue weighted by molar-refractivity contribution is 7.09. The van der Waals surface area contributed by atoms with Gasteiger partial charge in [0.15, 0.2) is 13.1 Å². The molecular formula is C19H25N4O3S+. The van der Waals surface area contributed by atoms with Crippen molar-refractivity contribution in [2.24, 2.45) is 0 Å². The summed E-state index contributed by atoms with van der Waals surface area (Å²) in [4.78, 5) is 37.8. The van der Waals surface area contributed by atoms with Crippen LogP contribution in [0.1, 0.15) is 22.2 Å². The number of carbonyl (C=O) groups excluding carboxylic acids is 3. The molecule has 1 aromatic carbocycles. The maximum absolute atomic E-state index is 12.2. The van der Waals surface area contributed by atoms with Gasteiger partial charge in [0.1, 0.15) is 0 Å². The Hall–Kier alpha value is -2.71. The highest BCUT2D eigenvalue weighted by atomic mass is 32.1. The molecule has 0 saturated carbocycles. The van der Waals surface area contributed by atoms with E-state index >= 15 is 0 Å². The van der Waals surface area contributed by atoms with Gasteiger partial charge in [0.05, 0.1) is 13.1 Å². The Labute approximate surface area is 162 Å². The Balaban J connectivity index is 1.79. The molecule has 8 heteroatoms. The van der Waals surface area contributed by atoms with Crippen molar-refractivity contribution in [3.05, 3.63) is 52.2 Å². The van der Waals surface area contributed by atoms with E-state index in [1.165, 1.54) is 0 Å². The standard InChI is InChI=1S/C19H24N4O3S/c1-3-23(12-17(24)21-11-16-5-4-10-27-16)13-18(25)22-15-8-6-14(7-9-15)19(26)20-2/h4-10H,3,11-13H2,1-2H3,(H,20,26)(H,21,24)(H,22,25)/p+1. The van der Waals surface area contributed by atoms with E-state index in [1.807, 2.05) is 24.4 Å². The number of thiophene rings is 1. The normalized spacial score (nSPS) is 11.5. The highest BCUT2D eigenvalue weighted by Crippen LogP contribution is 2.09. The van der Waals surface area contributed by atoms with Crippen molar-refractivity contribution in [1.82, 2.24) is 10.6 Å². The Morgan fingerprint density at radius 2 is 1.74 bits per heavy atom. The quantitative estimate of drug-likeness (QED) is 0.496. The smallest absolute Gasteiger partial charge is 0.279 e. The number of benzene rings is 1. The number of nitrogens with one attached hydrogen (secondary N) is 4. The maximum atomic E-state index is 12.2. The SMILES string of the molecule is CC[NH+](CC(=O)NCc1cccs1)CC(=O)Nc1ccc(C(=O)NC)cc1. The number of quaternary nitrogens is 1. The molecule has 0 saturated heterocycles. The molecule has 3 amide bonds. The Morgan fingerprint density at radius 1 is 1.04 bits per heavy atom. The molecule has 0 fully saturated rings. The first kappa shape index (κ1) is 20.6. The van der Waals surface area contributed by atoms with Crippen LogP contribution in [0.2, 0.25) is 0 Å². The van der Waals surface area contributed by atoms with Crippen molar-refractivity contribution < 1.29 is 19.3 Å². The van der Waals surface area contributed by atoms with E-state index in [2.05, 4.69) is 16.0 Å². The van der Waals surface area contributed by atoms with Crippen LogP contribution in [-0.4, -0.2) is 44.4 Å². The van der Waals surface area contributed by atoms with Crippen LogP contribution in [-0.2, 0) is 16.1 Å². The van der Waals surface area contributed by atoms with E-state index in [1.54, 1.807) is 42.6 Å². The van der Waals surface area contributed by atoms with E-state index < -0.39 is 0 Å². The maximum Gasteiger partial charge on any atom is 0.279 e. The predicted octanol–water partition coefficient (Wildman–Crippen LogP) is 0.267. The largest absolute Gasteiger partial charge is 0.355 e. The summed E-state index contributed by atoms with van der Waals surface area (Å²) in [6, 6.07) is 10.6. The zero-order valence-electron chi connectivity index (χ0n) is 15.5. The van der Waals surface area contributed by atoms with E-state index in [0.717, 1.165) is 9.78 Å². The summed E-state index contributed by atoms with van der Waals surface area (Å²) < 4.78 is 0. The zero-order valence-corrected chi connectivity index (χ0v) is 16.3. The lowest BCUT2D eigenvalue weighted by atomic mass is 10.2. The van der Waals surface area contributed by atoms with Gasteiger partial charge in [0.2, 0.25) is 0 Å². The summed E-state index contributed by atoms with van der Waals surface area (Å²) >= 11 is 1.59. The van der Waals surface area contributed by atoms with Crippen molar-refractivity contribution >= 4 is 34.7 Å². The minimum Gasteiger partial charge on any atom is -0.355 e. The summed E-state index contributed by atoms with van der Waals surface area (Å²) in [7, 11) is 1.57. The predicted molar refractivity (Wildman–Crippen MR) is 106 cm³/mol. The van der Waals surface area contributed by atoms with Gasteiger partial charge in [-0.15, -0.1) is 11.3 Å². The molecule has 2 aromatic rings. The van der Waals surface area contributed by atoms with Gasteiger partial charge in [0.25, 0.3) is 17.7 Å². The lowest BCUT2D eigenvalue weighted by Gasteiger charge is -2.17. The fourth-order valence-electron chi connectivity index (χ4n) is 2.48. The number of carbonyl (C=O) groups is 3. The van der Waals surface area contributed by atoms with Gasteiger partial charge in [-0.1, -0.05) is 6.07 Å². The number of hydrogen-bond acceptors (Lipinski definition) is 4. The number of hydrogen-bond donors (Lipinski definition) is 4. The summed E-state index contributed by atoms with van der Waals surface area (Å²) in [6.07, 6.45) is 0. The second kappa shape index (κ2) is 10.4. The van der Waals surface area contributed by atoms with E-state index in [4.69, 9.17) is 0 Å². The molecule has 0 radical (unpaired) electrons. The molecule has 4 N–H and O–H groups in total. The minimum absolute atomic E-state index is 0.0806. The summed E-state index contributed by atoms with van der Waals surface area (Å²) in [5.74, 6) is -0.434. The molecule has 7 nitrogen and oxygen atoms in total. The van der Waals surface area contributed by atoms with Crippen molar-refractivity contribution in [2.45, 2.75) is 13.5 Å². The van der Waals surface area contributed by atoms with Gasteiger partial charge >= 0.3 is 0 Å². The molecule has 0 aliphatic carbocycles. The summed E-state index contributed by atoms with van der Waals surface area (Å²) in [5, 5.41) is 10.2. The highest BCUT2D eigenvalue weighted by Gasteiger charge is 2.17. The topological polar surface area (TPSA) is 91.7 Å². The lowest BCUT2D eigenvalue weighted by molar-refractivity contribution is -0.881. The molecule has 0 aliphatic rings. The first-order valence-electron chi connectivity index (χ1n) is 8.76. The van der Waals surface area contributed by atoms with Gasteiger partial charge in [-0.3, -0.25) is 14.4 Å². The molecule has 0 spiro atoms. The number of rotatable bonds is 9. The molecule has 27 heavy (non-hydrogen) atoms. The van der Waals surface area contributed by atoms with Gasteiger partial charge in [-0.2, -0.15) is 0 Å². The average Bonchev–Trinajstić information content (AvgIpc) is 3.19. The fourth-order valence-corrected chi connectivity index (χ4v) is 3.13. The van der Waals surface area contributed by atoms with Crippen LogP contribution in [0.25, 0.3) is 0 Å². The van der Waals surface area contributed by atoms with E-state index in [9.17, 15) is 14.4 Å². The Morgan fingerprint density at radius 3 is 2.33 bits per heavy atom. The first-order valence-corrected chi connectivity index (χ1v) is 9.64. The third kappa shape index (κ3) is 6.84. The van der Waals surface area contributed by atoms with Crippen LogP contribution in [0.5, 0.6) is 0 Å². The summed E-state index contributed by atoms with van der Waals surface area (Å²) in [6.45, 7) is 3.55. The van der Waals surface area contributed by atoms with Crippen LogP contribution in [0, 0.1) is 0 Å².